The molecule has 35 heavy (non-hydrogen) atoms. The fourth-order valence-electron chi connectivity index (χ4n) is 5.08. The topological polar surface area (TPSA) is 53.0 Å². The average Bonchev–Trinajstić information content (AvgIpc) is 2.90. The number of rotatable bonds is 5. The van der Waals surface area contributed by atoms with E-state index in [0.717, 1.165) is 48.1 Å². The van der Waals surface area contributed by atoms with Crippen molar-refractivity contribution in [3.63, 3.8) is 0 Å². The lowest BCUT2D eigenvalue weighted by molar-refractivity contribution is -0.0492. The minimum absolute atomic E-state index is 0.0886. The summed E-state index contributed by atoms with van der Waals surface area (Å²) in [6.45, 7) is 1.95. The first-order valence-corrected chi connectivity index (χ1v) is 14.0. The molecule has 1 atom stereocenters. The maximum Gasteiger partial charge on any atom is 0.293 e. The number of sulfonamides is 1. The van der Waals surface area contributed by atoms with Crippen molar-refractivity contribution in [3.8, 4) is 0 Å². The van der Waals surface area contributed by atoms with Gasteiger partial charge in [-0.2, -0.15) is 13.4 Å². The van der Waals surface area contributed by atoms with Crippen LogP contribution < -0.4 is 0 Å². The Balaban J connectivity index is 1.68. The molecular formula is C28H30ClN3O2S. The largest absolute Gasteiger partial charge is 0.293 e. The van der Waals surface area contributed by atoms with Gasteiger partial charge in [0.25, 0.3) is 10.0 Å². The second kappa shape index (κ2) is 10.1. The standard InChI is InChI=1S/C28H30ClN3O2S/c1-21-12-18-26(19-13-21)35(33,34)32-30-27(22-8-4-2-5-9-22)20-28(23-14-16-24(29)17-15-23)31(32)25-10-6-3-7-11-25/h2,4-5,8-9,12-19,25,28H,3,6-7,10-11,20H2,1H3. The van der Waals surface area contributed by atoms with Crippen LogP contribution in [0.2, 0.25) is 5.02 Å². The van der Waals surface area contributed by atoms with Crippen LogP contribution in [-0.4, -0.2) is 29.7 Å². The van der Waals surface area contributed by atoms with Gasteiger partial charge in [-0.1, -0.05) is 91.0 Å². The first kappa shape index (κ1) is 24.0. The quantitative estimate of drug-likeness (QED) is 0.384. The lowest BCUT2D eigenvalue weighted by Gasteiger charge is -2.46. The molecule has 0 radical (unpaired) electrons. The summed E-state index contributed by atoms with van der Waals surface area (Å²) in [5, 5.41) is 7.53. The van der Waals surface area contributed by atoms with E-state index in [1.54, 1.807) is 12.1 Å². The Kier molecular flexibility index (Phi) is 6.96. The number of hydrazine groups is 1. The van der Waals surface area contributed by atoms with Crippen molar-refractivity contribution >= 4 is 27.3 Å². The first-order chi connectivity index (χ1) is 16.9. The third-order valence-corrected chi connectivity index (χ3v) is 8.77. The number of hydrogen-bond donors (Lipinski definition) is 0. The average molecular weight is 508 g/mol. The third-order valence-electron chi connectivity index (χ3n) is 6.95. The zero-order valence-electron chi connectivity index (χ0n) is 19.8. The van der Waals surface area contributed by atoms with Crippen molar-refractivity contribution in [2.75, 3.05) is 0 Å². The van der Waals surface area contributed by atoms with Crippen LogP contribution >= 0.6 is 11.6 Å². The lowest BCUT2D eigenvalue weighted by atomic mass is 9.90. The maximum atomic E-state index is 14.1. The molecular weight excluding hydrogens is 478 g/mol. The van der Waals surface area contributed by atoms with Gasteiger partial charge in [0, 0.05) is 17.5 Å². The van der Waals surface area contributed by atoms with Gasteiger partial charge in [0.1, 0.15) is 0 Å². The Labute approximate surface area is 213 Å². The number of hydrogen-bond acceptors (Lipinski definition) is 4. The fourth-order valence-corrected chi connectivity index (χ4v) is 6.57. The number of nitrogens with zero attached hydrogens (tertiary/aromatic N) is 3. The van der Waals surface area contributed by atoms with Gasteiger partial charge >= 0.3 is 0 Å². The smallest absolute Gasteiger partial charge is 0.198 e. The zero-order valence-corrected chi connectivity index (χ0v) is 21.4. The van der Waals surface area contributed by atoms with Crippen LogP contribution in [-0.2, 0) is 10.0 Å². The van der Waals surface area contributed by atoms with Crippen LogP contribution in [0.4, 0.5) is 0 Å². The van der Waals surface area contributed by atoms with Gasteiger partial charge in [0.05, 0.1) is 16.6 Å². The molecule has 0 bridgehead atoms. The van der Waals surface area contributed by atoms with E-state index in [4.69, 9.17) is 16.7 Å². The summed E-state index contributed by atoms with van der Waals surface area (Å²) in [5.74, 6) is 0. The number of aryl methyl sites for hydroxylation is 1. The Morgan fingerprint density at radius 3 is 2.17 bits per heavy atom. The van der Waals surface area contributed by atoms with Gasteiger partial charge in [0.15, 0.2) is 0 Å². The minimum atomic E-state index is -3.92. The van der Waals surface area contributed by atoms with Crippen LogP contribution in [0, 0.1) is 6.92 Å². The summed E-state index contributed by atoms with van der Waals surface area (Å²) >= 11 is 6.21. The summed E-state index contributed by atoms with van der Waals surface area (Å²) in [6, 6.07) is 24.6. The molecule has 1 heterocycles. The molecule has 3 aromatic carbocycles. The Bertz CT molecular complexity index is 1290. The highest BCUT2D eigenvalue weighted by atomic mass is 35.5. The molecule has 7 heteroatoms. The van der Waals surface area contributed by atoms with Crippen LogP contribution in [0.5, 0.6) is 0 Å². The summed E-state index contributed by atoms with van der Waals surface area (Å²) in [4.78, 5) is 0.247. The van der Waals surface area contributed by atoms with Gasteiger partial charge in [-0.15, -0.1) is 9.62 Å². The molecule has 1 unspecified atom stereocenters. The molecule has 1 fully saturated rings. The van der Waals surface area contributed by atoms with Crippen LogP contribution in [0.1, 0.15) is 61.3 Å². The van der Waals surface area contributed by atoms with Crippen molar-refractivity contribution in [1.82, 2.24) is 9.53 Å². The molecule has 0 aromatic heterocycles. The molecule has 2 aliphatic rings. The lowest BCUT2D eigenvalue weighted by Crippen LogP contribution is -2.54. The third kappa shape index (κ3) is 5.01. The molecule has 5 nitrogen and oxygen atoms in total. The van der Waals surface area contributed by atoms with Crippen molar-refractivity contribution in [2.45, 2.75) is 62.4 Å². The summed E-state index contributed by atoms with van der Waals surface area (Å²) in [7, 11) is -3.92. The molecule has 182 valence electrons. The molecule has 0 amide bonds. The highest BCUT2D eigenvalue weighted by molar-refractivity contribution is 7.89. The zero-order chi connectivity index (χ0) is 24.4. The van der Waals surface area contributed by atoms with E-state index in [2.05, 4.69) is 0 Å². The highest BCUT2D eigenvalue weighted by Crippen LogP contribution is 2.40. The van der Waals surface area contributed by atoms with Gasteiger partial charge in [-0.05, 0) is 55.2 Å². The van der Waals surface area contributed by atoms with Crippen molar-refractivity contribution in [1.29, 1.82) is 0 Å². The van der Waals surface area contributed by atoms with E-state index in [-0.39, 0.29) is 17.0 Å². The van der Waals surface area contributed by atoms with E-state index in [9.17, 15) is 8.42 Å². The second-order valence-corrected chi connectivity index (χ2v) is 11.6. The van der Waals surface area contributed by atoms with Gasteiger partial charge < -0.3 is 0 Å². The molecule has 0 N–H and O–H groups in total. The van der Waals surface area contributed by atoms with E-state index in [1.807, 2.05) is 78.7 Å². The van der Waals surface area contributed by atoms with Gasteiger partial charge in [-0.25, -0.2) is 0 Å². The molecule has 5 rings (SSSR count). The molecule has 0 spiro atoms. The predicted molar refractivity (Wildman–Crippen MR) is 141 cm³/mol. The summed E-state index contributed by atoms with van der Waals surface area (Å²) in [6.07, 6.45) is 5.85. The van der Waals surface area contributed by atoms with Gasteiger partial charge in [0.2, 0.25) is 0 Å². The minimum Gasteiger partial charge on any atom is -0.198 e. The molecule has 0 saturated heterocycles. The van der Waals surface area contributed by atoms with E-state index in [1.165, 1.54) is 10.9 Å². The van der Waals surface area contributed by atoms with Crippen molar-refractivity contribution in [3.05, 3.63) is 101 Å². The van der Waals surface area contributed by atoms with Crippen molar-refractivity contribution < 1.29 is 8.42 Å². The first-order valence-electron chi connectivity index (χ1n) is 12.2. The SMILES string of the molecule is Cc1ccc(S(=O)(=O)N2N=C(c3ccccc3)CC(c3ccc(Cl)cc3)N2C2CCCCC2)cc1. The van der Waals surface area contributed by atoms with Crippen LogP contribution in [0.15, 0.2) is 88.9 Å². The predicted octanol–water partition coefficient (Wildman–Crippen LogP) is 6.74. The summed E-state index contributed by atoms with van der Waals surface area (Å²) < 4.78 is 29.5. The molecule has 3 aromatic rings. The Morgan fingerprint density at radius 2 is 1.51 bits per heavy atom. The highest BCUT2D eigenvalue weighted by Gasteiger charge is 2.43. The number of halogens is 1. The molecule has 1 saturated carbocycles. The van der Waals surface area contributed by atoms with E-state index < -0.39 is 10.0 Å². The fraction of sp³-hybridized carbons (Fsp3) is 0.321. The molecule has 1 aliphatic heterocycles. The van der Waals surface area contributed by atoms with Crippen LogP contribution in [0.25, 0.3) is 0 Å². The Hall–Kier alpha value is -2.67. The number of benzene rings is 3. The normalized spacial score (nSPS) is 20.0. The monoisotopic (exact) mass is 507 g/mol. The van der Waals surface area contributed by atoms with Crippen molar-refractivity contribution in [2.24, 2.45) is 5.10 Å². The molecule has 1 aliphatic carbocycles. The maximum absolute atomic E-state index is 14.1. The summed E-state index contributed by atoms with van der Waals surface area (Å²) in [5.41, 5.74) is 3.74. The number of hydrazone groups is 1. The van der Waals surface area contributed by atoms with E-state index >= 15 is 0 Å². The van der Waals surface area contributed by atoms with E-state index in [0.29, 0.717) is 11.4 Å². The second-order valence-electron chi connectivity index (χ2n) is 9.40. The van der Waals surface area contributed by atoms with Crippen LogP contribution in [0.3, 0.4) is 0 Å². The van der Waals surface area contributed by atoms with Gasteiger partial charge in [-0.3, -0.25) is 0 Å². The Morgan fingerprint density at radius 1 is 0.857 bits per heavy atom.